The molecule has 0 rings (SSSR count). The Morgan fingerprint density at radius 3 is 1.00 bits per heavy atom. The molecule has 0 aliphatic heterocycles. The molecule has 0 spiro atoms. The van der Waals surface area contributed by atoms with Gasteiger partial charge in [-0.3, -0.25) is 14.4 Å². The first-order valence-corrected chi connectivity index (χ1v) is 27.3. The third-order valence-electron chi connectivity index (χ3n) is 11.8. The van der Waals surface area contributed by atoms with Crippen LogP contribution in [0, 0.1) is 0 Å². The molecule has 6 nitrogen and oxygen atoms in total. The van der Waals surface area contributed by atoms with Crippen LogP contribution in [0.2, 0.25) is 0 Å². The molecule has 0 unspecified atom stereocenters. The molecule has 0 aromatic heterocycles. The van der Waals surface area contributed by atoms with Gasteiger partial charge in [-0.1, -0.05) is 236 Å². The quantitative estimate of drug-likeness (QED) is 0.0262. The van der Waals surface area contributed by atoms with E-state index in [-0.39, 0.29) is 31.1 Å². The van der Waals surface area contributed by atoms with Gasteiger partial charge in [0.25, 0.3) is 0 Å². The van der Waals surface area contributed by atoms with Gasteiger partial charge < -0.3 is 14.2 Å². The molecule has 0 aromatic rings. The molecule has 0 amide bonds. The van der Waals surface area contributed by atoms with Crippen LogP contribution in [0.1, 0.15) is 271 Å². The number of hydrogen-bond acceptors (Lipinski definition) is 6. The Balaban J connectivity index is 4.39. The molecule has 0 saturated heterocycles. The lowest BCUT2D eigenvalue weighted by Crippen LogP contribution is -2.30. The first kappa shape index (κ1) is 61.1. The number of rotatable bonds is 49. The summed E-state index contributed by atoms with van der Waals surface area (Å²) in [5.41, 5.74) is 0. The van der Waals surface area contributed by atoms with Crippen LogP contribution in [-0.2, 0) is 28.6 Å². The molecule has 0 saturated carbocycles. The van der Waals surface area contributed by atoms with Crippen molar-refractivity contribution in [2.75, 3.05) is 13.2 Å². The van der Waals surface area contributed by atoms with Crippen molar-refractivity contribution < 1.29 is 28.6 Å². The average Bonchev–Trinajstić information content (AvgIpc) is 3.29. The van der Waals surface area contributed by atoms with E-state index < -0.39 is 6.10 Å². The van der Waals surface area contributed by atoms with Gasteiger partial charge in [0.1, 0.15) is 13.2 Å². The van der Waals surface area contributed by atoms with Gasteiger partial charge in [0.05, 0.1) is 0 Å². The Bertz CT molecular complexity index is 1170. The number of esters is 3. The van der Waals surface area contributed by atoms with Crippen molar-refractivity contribution in [3.8, 4) is 0 Å². The van der Waals surface area contributed by atoms with Crippen molar-refractivity contribution in [1.82, 2.24) is 0 Å². The number of carbonyl (C=O) groups excluding carboxylic acids is 3. The minimum Gasteiger partial charge on any atom is -0.462 e. The first-order chi connectivity index (χ1) is 31.5. The number of hydrogen-bond donors (Lipinski definition) is 0. The molecule has 0 aliphatic rings. The van der Waals surface area contributed by atoms with Crippen LogP contribution in [0.5, 0.6) is 0 Å². The van der Waals surface area contributed by atoms with Crippen molar-refractivity contribution in [2.24, 2.45) is 0 Å². The Hall–Kier alpha value is -2.89. The Morgan fingerprint density at radius 2 is 0.625 bits per heavy atom. The minimum atomic E-state index is -0.787. The highest BCUT2D eigenvalue weighted by atomic mass is 16.6. The maximum absolute atomic E-state index is 12.8. The largest absolute Gasteiger partial charge is 0.462 e. The summed E-state index contributed by atoms with van der Waals surface area (Å²) in [6.07, 6.45) is 64.9. The molecule has 0 bridgehead atoms. The van der Waals surface area contributed by atoms with Crippen molar-refractivity contribution in [2.45, 2.75) is 277 Å². The van der Waals surface area contributed by atoms with E-state index in [0.29, 0.717) is 19.3 Å². The summed E-state index contributed by atoms with van der Waals surface area (Å²) in [6, 6.07) is 0. The molecular weight excluding hydrogens is 793 g/mol. The van der Waals surface area contributed by atoms with Crippen LogP contribution in [0.3, 0.4) is 0 Å². The van der Waals surface area contributed by atoms with Gasteiger partial charge in [0, 0.05) is 19.3 Å². The van der Waals surface area contributed by atoms with E-state index in [1.54, 1.807) is 0 Å². The molecule has 370 valence electrons. The number of allylic oxidation sites excluding steroid dienone is 10. The summed E-state index contributed by atoms with van der Waals surface area (Å²) < 4.78 is 16.8. The second-order valence-electron chi connectivity index (χ2n) is 18.1. The monoisotopic (exact) mass is 895 g/mol. The summed E-state index contributed by atoms with van der Waals surface area (Å²) in [5, 5.41) is 0. The zero-order chi connectivity index (χ0) is 46.5. The van der Waals surface area contributed by atoms with Crippen molar-refractivity contribution in [3.63, 3.8) is 0 Å². The first-order valence-electron chi connectivity index (χ1n) is 27.3. The van der Waals surface area contributed by atoms with Crippen LogP contribution < -0.4 is 0 Å². The average molecular weight is 895 g/mol. The summed E-state index contributed by atoms with van der Waals surface area (Å²) >= 11 is 0. The van der Waals surface area contributed by atoms with E-state index in [9.17, 15) is 14.4 Å². The fraction of sp³-hybridized carbons (Fsp3) is 0.776. The smallest absolute Gasteiger partial charge is 0.306 e. The Kier molecular flexibility index (Phi) is 50.4. The van der Waals surface area contributed by atoms with Crippen molar-refractivity contribution >= 4 is 17.9 Å². The standard InChI is InChI=1S/C58H102O6/c1-4-7-10-13-16-19-22-25-28-29-31-33-36-39-42-45-48-51-57(60)63-54-55(53-62-56(59)50-47-44-41-38-35-32-27-24-21-18-15-12-9-6-3)64-58(61)52-49-46-43-40-37-34-30-26-23-20-17-14-11-8-5-2/h8,11,15,17-18,20,24,26-27,30,55H,4-7,9-10,12-14,16,19,21-23,25,28-29,31-54H2,1-3H3/b11-8+,18-15+,20-17+,27-24+,30-26+/t55-/m1/s1. The zero-order valence-corrected chi connectivity index (χ0v) is 42.3. The lowest BCUT2D eigenvalue weighted by Gasteiger charge is -2.18. The van der Waals surface area contributed by atoms with E-state index in [4.69, 9.17) is 14.2 Å². The predicted molar refractivity (Wildman–Crippen MR) is 275 cm³/mol. The van der Waals surface area contributed by atoms with E-state index in [2.05, 4.69) is 81.5 Å². The molecule has 64 heavy (non-hydrogen) atoms. The third-order valence-corrected chi connectivity index (χ3v) is 11.8. The highest BCUT2D eigenvalue weighted by Crippen LogP contribution is 2.16. The lowest BCUT2D eigenvalue weighted by atomic mass is 10.0. The van der Waals surface area contributed by atoms with Gasteiger partial charge in [-0.05, 0) is 77.0 Å². The summed E-state index contributed by atoms with van der Waals surface area (Å²) in [7, 11) is 0. The van der Waals surface area contributed by atoms with Crippen molar-refractivity contribution in [1.29, 1.82) is 0 Å². The maximum Gasteiger partial charge on any atom is 0.306 e. The van der Waals surface area contributed by atoms with E-state index in [1.165, 1.54) is 116 Å². The van der Waals surface area contributed by atoms with Gasteiger partial charge in [0.2, 0.25) is 0 Å². The Labute approximate surface area is 396 Å². The third kappa shape index (κ3) is 50.1. The molecule has 1 atom stereocenters. The predicted octanol–water partition coefficient (Wildman–Crippen LogP) is 18.0. The number of ether oxygens (including phenoxy) is 3. The van der Waals surface area contributed by atoms with Crippen LogP contribution >= 0.6 is 0 Å². The van der Waals surface area contributed by atoms with Crippen LogP contribution in [0.15, 0.2) is 60.8 Å². The zero-order valence-electron chi connectivity index (χ0n) is 42.3. The summed E-state index contributed by atoms with van der Waals surface area (Å²) in [5.74, 6) is -0.907. The van der Waals surface area contributed by atoms with Crippen LogP contribution in [0.25, 0.3) is 0 Å². The molecular formula is C58H102O6. The number of unbranched alkanes of at least 4 members (excludes halogenated alkanes) is 28. The molecule has 0 N–H and O–H groups in total. The second-order valence-corrected chi connectivity index (χ2v) is 18.1. The summed E-state index contributed by atoms with van der Waals surface area (Å²) in [6.45, 7) is 6.48. The van der Waals surface area contributed by atoms with Gasteiger partial charge in [-0.25, -0.2) is 0 Å². The fourth-order valence-corrected chi connectivity index (χ4v) is 7.65. The molecule has 0 radical (unpaired) electrons. The fourth-order valence-electron chi connectivity index (χ4n) is 7.65. The highest BCUT2D eigenvalue weighted by molar-refractivity contribution is 5.71. The van der Waals surface area contributed by atoms with Gasteiger partial charge in [-0.2, -0.15) is 0 Å². The van der Waals surface area contributed by atoms with Gasteiger partial charge >= 0.3 is 17.9 Å². The van der Waals surface area contributed by atoms with E-state index in [1.807, 2.05) is 0 Å². The number of carbonyl (C=O) groups is 3. The normalized spacial score (nSPS) is 12.5. The SMILES string of the molecule is CC/C=C/C/C=C/C/C=C/CCCCCCCC(=O)O[C@H](COC(=O)CCCCCCC/C=C/C/C=C/CCCC)COC(=O)CCCCCCCCCCCCCCCCCCC. The Morgan fingerprint density at radius 1 is 0.328 bits per heavy atom. The van der Waals surface area contributed by atoms with E-state index >= 15 is 0 Å². The molecule has 0 fully saturated rings. The van der Waals surface area contributed by atoms with Crippen molar-refractivity contribution in [3.05, 3.63) is 60.8 Å². The van der Waals surface area contributed by atoms with Crippen LogP contribution in [-0.4, -0.2) is 37.2 Å². The molecule has 0 heterocycles. The minimum absolute atomic E-state index is 0.0837. The van der Waals surface area contributed by atoms with Gasteiger partial charge in [0.15, 0.2) is 6.10 Å². The second kappa shape index (κ2) is 52.7. The highest BCUT2D eigenvalue weighted by Gasteiger charge is 2.19. The topological polar surface area (TPSA) is 78.9 Å². The molecule has 0 aliphatic carbocycles. The van der Waals surface area contributed by atoms with Crippen LogP contribution in [0.4, 0.5) is 0 Å². The van der Waals surface area contributed by atoms with E-state index in [0.717, 1.165) is 116 Å². The summed E-state index contributed by atoms with van der Waals surface area (Å²) in [4.78, 5) is 38.1. The van der Waals surface area contributed by atoms with Gasteiger partial charge in [-0.15, -0.1) is 0 Å². The molecule has 0 aromatic carbocycles. The maximum atomic E-state index is 12.8. The lowest BCUT2D eigenvalue weighted by molar-refractivity contribution is -0.167. The molecule has 6 heteroatoms.